The molecule has 0 spiro atoms. The average molecular weight is 288 g/mol. The fraction of sp³-hybridized carbons (Fsp3) is 0.0833. The fourth-order valence-corrected chi connectivity index (χ4v) is 1.66. The van der Waals surface area contributed by atoms with E-state index in [0.717, 1.165) is 0 Å². The first kappa shape index (κ1) is 14.3. The van der Waals surface area contributed by atoms with Gasteiger partial charge in [-0.05, 0) is 24.3 Å². The summed E-state index contributed by atoms with van der Waals surface area (Å²) in [5, 5.41) is 21.0. The maximum absolute atomic E-state index is 12.1. The minimum absolute atomic E-state index is 0.0839. The Balaban J connectivity index is 2.19. The van der Waals surface area contributed by atoms with Crippen LogP contribution in [0.25, 0.3) is 0 Å². The van der Waals surface area contributed by atoms with Crippen LogP contribution in [0.1, 0.15) is 16.1 Å². The lowest BCUT2D eigenvalue weighted by molar-refractivity contribution is -0.385. The SMILES string of the molecule is NNc1ccc([N+](=O)[O-])c(C(=O)NCc2cccnn2)c1. The maximum atomic E-state index is 12.1. The van der Waals surface area contributed by atoms with Gasteiger partial charge in [0.2, 0.25) is 0 Å². The molecule has 0 radical (unpaired) electrons. The number of aromatic nitrogens is 2. The number of nitrogens with one attached hydrogen (secondary N) is 2. The summed E-state index contributed by atoms with van der Waals surface area (Å²) >= 11 is 0. The summed E-state index contributed by atoms with van der Waals surface area (Å²) < 4.78 is 0. The third-order valence-electron chi connectivity index (χ3n) is 2.66. The summed E-state index contributed by atoms with van der Waals surface area (Å²) in [7, 11) is 0. The lowest BCUT2D eigenvalue weighted by Gasteiger charge is -2.07. The first-order valence-corrected chi connectivity index (χ1v) is 5.91. The number of amides is 1. The molecule has 0 aliphatic rings. The van der Waals surface area contributed by atoms with Crippen molar-refractivity contribution in [1.82, 2.24) is 15.5 Å². The van der Waals surface area contributed by atoms with E-state index in [1.165, 1.54) is 24.4 Å². The quantitative estimate of drug-likeness (QED) is 0.416. The highest BCUT2D eigenvalue weighted by atomic mass is 16.6. The predicted octanol–water partition coefficient (Wildman–Crippen LogP) is 0.600. The number of nitrogens with two attached hydrogens (primary N) is 1. The van der Waals surface area contributed by atoms with E-state index in [0.29, 0.717) is 11.4 Å². The van der Waals surface area contributed by atoms with Gasteiger partial charge in [-0.2, -0.15) is 10.2 Å². The van der Waals surface area contributed by atoms with Crippen LogP contribution in [0.5, 0.6) is 0 Å². The molecule has 9 heteroatoms. The van der Waals surface area contributed by atoms with E-state index in [1.54, 1.807) is 12.1 Å². The van der Waals surface area contributed by atoms with Crippen LogP contribution in [0.4, 0.5) is 11.4 Å². The van der Waals surface area contributed by atoms with E-state index in [4.69, 9.17) is 5.84 Å². The number of nitrogen functional groups attached to an aromatic ring is 1. The van der Waals surface area contributed by atoms with Crippen LogP contribution >= 0.6 is 0 Å². The number of nitrogens with zero attached hydrogens (tertiary/aromatic N) is 3. The summed E-state index contributed by atoms with van der Waals surface area (Å²) in [5.74, 6) is 4.65. The van der Waals surface area contributed by atoms with Crippen LogP contribution in [-0.4, -0.2) is 21.0 Å². The Hall–Kier alpha value is -3.07. The van der Waals surface area contributed by atoms with Crippen LogP contribution in [-0.2, 0) is 6.54 Å². The van der Waals surface area contributed by atoms with Crippen molar-refractivity contribution < 1.29 is 9.72 Å². The van der Waals surface area contributed by atoms with E-state index in [2.05, 4.69) is 20.9 Å². The molecular formula is C12H12N6O3. The van der Waals surface area contributed by atoms with Crippen molar-refractivity contribution in [2.45, 2.75) is 6.54 Å². The first-order chi connectivity index (χ1) is 10.1. The van der Waals surface area contributed by atoms with Gasteiger partial charge in [-0.1, -0.05) is 0 Å². The van der Waals surface area contributed by atoms with E-state index >= 15 is 0 Å². The molecule has 108 valence electrons. The highest BCUT2D eigenvalue weighted by Gasteiger charge is 2.20. The smallest absolute Gasteiger partial charge is 0.282 e. The van der Waals surface area contributed by atoms with Crippen molar-refractivity contribution in [2.24, 2.45) is 5.84 Å². The molecule has 2 rings (SSSR count). The molecule has 0 unspecified atom stereocenters. The number of hydrogen-bond donors (Lipinski definition) is 3. The molecule has 1 amide bonds. The molecule has 4 N–H and O–H groups in total. The Bertz CT molecular complexity index is 661. The Morgan fingerprint density at radius 1 is 1.38 bits per heavy atom. The molecule has 0 atom stereocenters. The van der Waals surface area contributed by atoms with Crippen LogP contribution in [0.15, 0.2) is 36.5 Å². The molecule has 1 heterocycles. The number of carbonyl (C=O) groups is 1. The lowest BCUT2D eigenvalue weighted by atomic mass is 10.1. The third-order valence-corrected chi connectivity index (χ3v) is 2.66. The predicted molar refractivity (Wildman–Crippen MR) is 74.1 cm³/mol. The van der Waals surface area contributed by atoms with Crippen LogP contribution in [0.2, 0.25) is 0 Å². The summed E-state index contributed by atoms with van der Waals surface area (Å²) in [6.45, 7) is 0.115. The number of nitro groups is 1. The lowest BCUT2D eigenvalue weighted by Crippen LogP contribution is -2.24. The highest BCUT2D eigenvalue weighted by molar-refractivity contribution is 5.99. The van der Waals surface area contributed by atoms with Crippen LogP contribution in [0.3, 0.4) is 0 Å². The van der Waals surface area contributed by atoms with Crippen molar-refractivity contribution in [3.05, 3.63) is 57.9 Å². The van der Waals surface area contributed by atoms with Gasteiger partial charge in [-0.3, -0.25) is 20.8 Å². The van der Waals surface area contributed by atoms with E-state index < -0.39 is 10.8 Å². The number of hydrazine groups is 1. The zero-order valence-electron chi connectivity index (χ0n) is 10.8. The van der Waals surface area contributed by atoms with Gasteiger partial charge >= 0.3 is 0 Å². The van der Waals surface area contributed by atoms with Gasteiger partial charge in [0.05, 0.1) is 17.2 Å². The molecule has 0 aliphatic heterocycles. The van der Waals surface area contributed by atoms with E-state index in [-0.39, 0.29) is 17.8 Å². The topological polar surface area (TPSA) is 136 Å². The molecule has 9 nitrogen and oxygen atoms in total. The molecule has 2 aromatic rings. The third kappa shape index (κ3) is 3.48. The van der Waals surface area contributed by atoms with Gasteiger partial charge in [0.1, 0.15) is 5.56 Å². The largest absolute Gasteiger partial charge is 0.346 e. The van der Waals surface area contributed by atoms with Gasteiger partial charge in [-0.15, -0.1) is 0 Å². The number of nitro benzene ring substituents is 1. The number of carbonyl (C=O) groups excluding carboxylic acids is 1. The monoisotopic (exact) mass is 288 g/mol. The standard InChI is InChI=1S/C12H12N6O3/c13-16-8-3-4-11(18(20)21)10(6-8)12(19)14-7-9-2-1-5-15-17-9/h1-6,16H,7,13H2,(H,14,19). The van der Waals surface area contributed by atoms with Gasteiger partial charge < -0.3 is 10.7 Å². The second-order valence-electron chi connectivity index (χ2n) is 4.03. The van der Waals surface area contributed by atoms with Crippen molar-refractivity contribution in [3.63, 3.8) is 0 Å². The number of anilines is 1. The summed E-state index contributed by atoms with van der Waals surface area (Å²) in [4.78, 5) is 22.4. The van der Waals surface area contributed by atoms with Crippen molar-refractivity contribution in [1.29, 1.82) is 0 Å². The minimum atomic E-state index is -0.627. The van der Waals surface area contributed by atoms with Crippen LogP contribution in [0, 0.1) is 10.1 Å². The Labute approximate surface area is 119 Å². The van der Waals surface area contributed by atoms with Crippen LogP contribution < -0.4 is 16.6 Å². The normalized spacial score (nSPS) is 9.95. The van der Waals surface area contributed by atoms with Crippen molar-refractivity contribution in [3.8, 4) is 0 Å². The summed E-state index contributed by atoms with van der Waals surface area (Å²) in [6.07, 6.45) is 1.51. The van der Waals surface area contributed by atoms with Gasteiger partial charge in [0.15, 0.2) is 0 Å². The zero-order valence-corrected chi connectivity index (χ0v) is 10.8. The van der Waals surface area contributed by atoms with E-state index in [1.807, 2.05) is 0 Å². The summed E-state index contributed by atoms with van der Waals surface area (Å²) in [5.41, 5.74) is 2.89. The average Bonchev–Trinajstić information content (AvgIpc) is 2.52. The maximum Gasteiger partial charge on any atom is 0.282 e. The molecule has 0 aliphatic carbocycles. The number of rotatable bonds is 5. The number of benzene rings is 1. The molecule has 1 aromatic heterocycles. The molecule has 0 fully saturated rings. The Morgan fingerprint density at radius 3 is 2.81 bits per heavy atom. The van der Waals surface area contributed by atoms with Gasteiger partial charge in [0, 0.05) is 18.0 Å². The molecule has 0 saturated heterocycles. The molecule has 0 bridgehead atoms. The second kappa shape index (κ2) is 6.39. The first-order valence-electron chi connectivity index (χ1n) is 5.91. The van der Waals surface area contributed by atoms with E-state index in [9.17, 15) is 14.9 Å². The molecule has 21 heavy (non-hydrogen) atoms. The van der Waals surface area contributed by atoms with Crippen molar-refractivity contribution in [2.75, 3.05) is 5.43 Å². The molecule has 1 aromatic carbocycles. The fourth-order valence-electron chi connectivity index (χ4n) is 1.66. The minimum Gasteiger partial charge on any atom is -0.346 e. The Morgan fingerprint density at radius 2 is 2.19 bits per heavy atom. The van der Waals surface area contributed by atoms with Crippen molar-refractivity contribution >= 4 is 17.3 Å². The zero-order chi connectivity index (χ0) is 15.2. The highest BCUT2D eigenvalue weighted by Crippen LogP contribution is 2.22. The molecular weight excluding hydrogens is 276 g/mol. The van der Waals surface area contributed by atoms with Gasteiger partial charge in [-0.25, -0.2) is 0 Å². The second-order valence-corrected chi connectivity index (χ2v) is 4.03. The number of hydrogen-bond acceptors (Lipinski definition) is 7. The van der Waals surface area contributed by atoms with Gasteiger partial charge in [0.25, 0.3) is 11.6 Å². The summed E-state index contributed by atoms with van der Waals surface area (Å²) in [6, 6.07) is 7.30. The Kier molecular flexibility index (Phi) is 4.36. The molecule has 0 saturated carbocycles.